The summed E-state index contributed by atoms with van der Waals surface area (Å²) in [4.78, 5) is 22.3. The minimum absolute atomic E-state index is 0.00374. The first-order chi connectivity index (χ1) is 9.75. The van der Waals surface area contributed by atoms with Gasteiger partial charge in [0.25, 0.3) is 0 Å². The summed E-state index contributed by atoms with van der Waals surface area (Å²) < 4.78 is 22.5. The Labute approximate surface area is 121 Å². The molecule has 0 unspecified atom stereocenters. The Balaban J connectivity index is 2.60. The smallest absolute Gasteiger partial charge is 0.339 e. The van der Waals surface area contributed by atoms with Crippen molar-refractivity contribution < 1.29 is 28.2 Å². The quantitative estimate of drug-likeness (QED) is 0.569. The number of urea groups is 1. The summed E-state index contributed by atoms with van der Waals surface area (Å²) in [5, 5.41) is 22.8. The number of amides is 2. The van der Waals surface area contributed by atoms with Crippen molar-refractivity contribution in [3.8, 4) is 5.75 Å². The zero-order valence-electron chi connectivity index (χ0n) is 11.3. The van der Waals surface area contributed by atoms with Crippen molar-refractivity contribution >= 4 is 27.5 Å². The van der Waals surface area contributed by atoms with E-state index in [-0.39, 0.29) is 29.3 Å². The lowest BCUT2D eigenvalue weighted by Crippen LogP contribution is -2.33. The number of hydrogen-bond donors (Lipinski definition) is 4. The Morgan fingerprint density at radius 3 is 2.52 bits per heavy atom. The first-order valence-electron chi connectivity index (χ1n) is 6.06. The average molecular weight is 316 g/mol. The standard InChI is InChI=1S/C12H16N2O6S/c1-2-21(19,20)6-5-13-12(18)14-8-3-4-10(15)9(7-8)11(16)17/h3-4,7,15H,2,5-6H2,1H3,(H,16,17)(H2,13,14,18). The lowest BCUT2D eigenvalue weighted by molar-refractivity contribution is 0.0693. The van der Waals surface area contributed by atoms with Crippen LogP contribution in [0.1, 0.15) is 17.3 Å². The molecule has 0 spiro atoms. The number of carboxylic acids is 1. The molecule has 0 aromatic heterocycles. The molecule has 4 N–H and O–H groups in total. The lowest BCUT2D eigenvalue weighted by atomic mass is 10.2. The summed E-state index contributed by atoms with van der Waals surface area (Å²) in [5.74, 6) is -1.92. The molecular formula is C12H16N2O6S. The zero-order chi connectivity index (χ0) is 16.0. The molecule has 0 fully saturated rings. The second-order valence-corrected chi connectivity index (χ2v) is 6.63. The minimum atomic E-state index is -3.16. The van der Waals surface area contributed by atoms with E-state index in [0.717, 1.165) is 12.1 Å². The molecule has 0 aliphatic carbocycles. The van der Waals surface area contributed by atoms with E-state index in [1.807, 2.05) is 0 Å². The van der Waals surface area contributed by atoms with Gasteiger partial charge in [-0.1, -0.05) is 6.92 Å². The van der Waals surface area contributed by atoms with E-state index in [0.29, 0.717) is 0 Å². The van der Waals surface area contributed by atoms with E-state index in [1.54, 1.807) is 0 Å². The number of benzene rings is 1. The molecule has 0 aliphatic rings. The number of carboxylic acid groups (broad SMARTS) is 1. The number of rotatable bonds is 6. The predicted octanol–water partition coefficient (Wildman–Crippen LogP) is 0.647. The molecule has 0 aliphatic heterocycles. The summed E-state index contributed by atoms with van der Waals surface area (Å²) >= 11 is 0. The van der Waals surface area contributed by atoms with Gasteiger partial charge in [-0.3, -0.25) is 0 Å². The second kappa shape index (κ2) is 6.93. The fraction of sp³-hybridized carbons (Fsp3) is 0.333. The van der Waals surface area contributed by atoms with Crippen molar-refractivity contribution in [1.29, 1.82) is 0 Å². The fourth-order valence-corrected chi connectivity index (χ4v) is 2.13. The number of phenols is 1. The molecule has 0 heterocycles. The Morgan fingerprint density at radius 2 is 1.95 bits per heavy atom. The number of sulfone groups is 1. The summed E-state index contributed by atoms with van der Waals surface area (Å²) in [7, 11) is -3.16. The molecule has 1 rings (SSSR count). The first kappa shape index (κ1) is 16.8. The molecule has 0 saturated carbocycles. The predicted molar refractivity (Wildman–Crippen MR) is 76.4 cm³/mol. The minimum Gasteiger partial charge on any atom is -0.507 e. The van der Waals surface area contributed by atoms with E-state index < -0.39 is 27.6 Å². The van der Waals surface area contributed by atoms with Crippen LogP contribution >= 0.6 is 0 Å². The van der Waals surface area contributed by atoms with Crippen LogP contribution in [0.25, 0.3) is 0 Å². The first-order valence-corrected chi connectivity index (χ1v) is 7.89. The van der Waals surface area contributed by atoms with Crippen LogP contribution in [0.15, 0.2) is 18.2 Å². The normalized spacial score (nSPS) is 10.9. The second-order valence-electron chi connectivity index (χ2n) is 4.15. The topological polar surface area (TPSA) is 133 Å². The van der Waals surface area contributed by atoms with Gasteiger partial charge in [0.2, 0.25) is 0 Å². The molecule has 21 heavy (non-hydrogen) atoms. The third-order valence-electron chi connectivity index (χ3n) is 2.62. The molecule has 1 aromatic carbocycles. The van der Waals surface area contributed by atoms with Gasteiger partial charge in [0.05, 0.1) is 5.75 Å². The molecular weight excluding hydrogens is 300 g/mol. The van der Waals surface area contributed by atoms with E-state index in [2.05, 4.69) is 10.6 Å². The monoisotopic (exact) mass is 316 g/mol. The maximum Gasteiger partial charge on any atom is 0.339 e. The molecule has 9 heteroatoms. The molecule has 116 valence electrons. The van der Waals surface area contributed by atoms with Gasteiger partial charge < -0.3 is 20.8 Å². The van der Waals surface area contributed by atoms with Gasteiger partial charge in [0.1, 0.15) is 11.3 Å². The maximum atomic E-state index is 11.5. The number of aromatic carboxylic acids is 1. The van der Waals surface area contributed by atoms with Crippen LogP contribution in [0.3, 0.4) is 0 Å². The van der Waals surface area contributed by atoms with Gasteiger partial charge in [-0.2, -0.15) is 0 Å². The highest BCUT2D eigenvalue weighted by Gasteiger charge is 2.12. The maximum absolute atomic E-state index is 11.5. The van der Waals surface area contributed by atoms with Crippen LogP contribution in [-0.4, -0.2) is 48.7 Å². The van der Waals surface area contributed by atoms with Crippen molar-refractivity contribution in [3.63, 3.8) is 0 Å². The van der Waals surface area contributed by atoms with Crippen molar-refractivity contribution in [2.24, 2.45) is 0 Å². The van der Waals surface area contributed by atoms with Gasteiger partial charge >= 0.3 is 12.0 Å². The summed E-state index contributed by atoms with van der Waals surface area (Å²) in [6, 6.07) is 2.90. The van der Waals surface area contributed by atoms with Gasteiger partial charge in [-0.05, 0) is 18.2 Å². The average Bonchev–Trinajstić information content (AvgIpc) is 2.40. The third kappa shape index (κ3) is 5.30. The van der Waals surface area contributed by atoms with Gasteiger partial charge in [0, 0.05) is 18.0 Å². The van der Waals surface area contributed by atoms with Gasteiger partial charge in [0.15, 0.2) is 9.84 Å². The molecule has 8 nitrogen and oxygen atoms in total. The summed E-state index contributed by atoms with van der Waals surface area (Å²) in [5.41, 5.74) is -0.178. The van der Waals surface area contributed by atoms with Gasteiger partial charge in [-0.15, -0.1) is 0 Å². The largest absolute Gasteiger partial charge is 0.507 e. The number of hydrogen-bond acceptors (Lipinski definition) is 5. The molecule has 0 bridgehead atoms. The zero-order valence-corrected chi connectivity index (χ0v) is 12.1. The van der Waals surface area contributed by atoms with E-state index >= 15 is 0 Å². The number of nitrogens with one attached hydrogen (secondary N) is 2. The lowest BCUT2D eigenvalue weighted by Gasteiger charge is -2.09. The highest BCUT2D eigenvalue weighted by Crippen LogP contribution is 2.21. The molecule has 0 saturated heterocycles. The summed E-state index contributed by atoms with van der Waals surface area (Å²) in [6.07, 6.45) is 0. The molecule has 2 amide bonds. The highest BCUT2D eigenvalue weighted by molar-refractivity contribution is 7.91. The van der Waals surface area contributed by atoms with E-state index in [4.69, 9.17) is 5.11 Å². The van der Waals surface area contributed by atoms with Crippen LogP contribution in [0, 0.1) is 0 Å². The van der Waals surface area contributed by atoms with Crippen LogP contribution in [0.5, 0.6) is 5.75 Å². The van der Waals surface area contributed by atoms with Crippen molar-refractivity contribution in [1.82, 2.24) is 5.32 Å². The molecule has 1 aromatic rings. The number of anilines is 1. The van der Waals surface area contributed by atoms with Crippen LogP contribution in [0.2, 0.25) is 0 Å². The van der Waals surface area contributed by atoms with Gasteiger partial charge in [-0.25, -0.2) is 18.0 Å². The van der Waals surface area contributed by atoms with E-state index in [1.165, 1.54) is 13.0 Å². The SMILES string of the molecule is CCS(=O)(=O)CCNC(=O)Nc1ccc(O)c(C(=O)O)c1. The molecule has 0 radical (unpaired) electrons. The van der Waals surface area contributed by atoms with E-state index in [9.17, 15) is 23.1 Å². The van der Waals surface area contributed by atoms with Crippen LogP contribution < -0.4 is 10.6 Å². The third-order valence-corrected chi connectivity index (χ3v) is 4.33. The fourth-order valence-electron chi connectivity index (χ4n) is 1.42. The number of carbonyl (C=O) groups excluding carboxylic acids is 1. The van der Waals surface area contributed by atoms with Crippen LogP contribution in [0.4, 0.5) is 10.5 Å². The Kier molecular flexibility index (Phi) is 5.53. The number of aromatic hydroxyl groups is 1. The Bertz CT molecular complexity index is 641. The highest BCUT2D eigenvalue weighted by atomic mass is 32.2. The Morgan fingerprint density at radius 1 is 1.29 bits per heavy atom. The van der Waals surface area contributed by atoms with Crippen molar-refractivity contribution in [2.75, 3.05) is 23.4 Å². The number of carbonyl (C=O) groups is 2. The van der Waals surface area contributed by atoms with Crippen LogP contribution in [-0.2, 0) is 9.84 Å². The molecule has 0 atom stereocenters. The Hall–Kier alpha value is -2.29. The van der Waals surface area contributed by atoms with Crippen molar-refractivity contribution in [3.05, 3.63) is 23.8 Å². The summed E-state index contributed by atoms with van der Waals surface area (Å²) in [6.45, 7) is 1.46. The van der Waals surface area contributed by atoms with Crippen molar-refractivity contribution in [2.45, 2.75) is 6.92 Å².